The molecule has 0 radical (unpaired) electrons. The van der Waals surface area contributed by atoms with Crippen LogP contribution in [0.3, 0.4) is 0 Å². The molecule has 15 heavy (non-hydrogen) atoms. The third-order valence-corrected chi connectivity index (χ3v) is 3.29. The van der Waals surface area contributed by atoms with Gasteiger partial charge in [0.15, 0.2) is 7.85 Å². The number of aromatic nitrogens is 1. The van der Waals surface area contributed by atoms with Crippen LogP contribution >= 0.6 is 34.5 Å². The summed E-state index contributed by atoms with van der Waals surface area (Å²) in [7, 11) is 1.91. The average molecular weight is 257 g/mol. The Morgan fingerprint density at radius 1 is 1.33 bits per heavy atom. The number of hydrogen-bond donors (Lipinski definition) is 1. The highest BCUT2D eigenvalue weighted by atomic mass is 35.5. The summed E-state index contributed by atoms with van der Waals surface area (Å²) in [5, 5.41) is 1.85. The van der Waals surface area contributed by atoms with Crippen molar-refractivity contribution < 1.29 is 0 Å². The Kier molecular flexibility index (Phi) is 2.91. The second-order valence-electron chi connectivity index (χ2n) is 3.07. The second-order valence-corrected chi connectivity index (χ2v) is 5.15. The van der Waals surface area contributed by atoms with Crippen LogP contribution in [0.15, 0.2) is 18.2 Å². The number of halogens is 2. The Hall–Kier alpha value is -0.705. The molecule has 0 unspecified atom stereocenters. The molecular formula is C9H7BCl2N2S. The molecule has 0 amide bonds. The van der Waals surface area contributed by atoms with Crippen LogP contribution in [0.5, 0.6) is 0 Å². The van der Waals surface area contributed by atoms with Crippen LogP contribution in [-0.4, -0.2) is 12.8 Å². The molecule has 2 nitrogen and oxygen atoms in total. The van der Waals surface area contributed by atoms with Gasteiger partial charge in [-0.2, -0.15) is 0 Å². The van der Waals surface area contributed by atoms with Crippen molar-refractivity contribution in [2.75, 3.05) is 5.73 Å². The number of nitrogens with two attached hydrogens (primary N) is 1. The normalized spacial score (nSPS) is 10.5. The standard InChI is InChI=1S/C9H7BCl2N2S/c10-9-14-7(8(13)15-9)5-2-1-4(11)3-6(5)12/h1-3H,10,13H2. The van der Waals surface area contributed by atoms with Gasteiger partial charge >= 0.3 is 0 Å². The van der Waals surface area contributed by atoms with Crippen molar-refractivity contribution in [3.8, 4) is 11.3 Å². The van der Waals surface area contributed by atoms with Gasteiger partial charge in [-0.05, 0) is 18.2 Å². The van der Waals surface area contributed by atoms with Crippen molar-refractivity contribution in [3.63, 3.8) is 0 Å². The molecule has 1 aromatic heterocycles. The summed E-state index contributed by atoms with van der Waals surface area (Å²) < 4.78 is 0. The van der Waals surface area contributed by atoms with Gasteiger partial charge in [0.1, 0.15) is 10.7 Å². The summed E-state index contributed by atoms with van der Waals surface area (Å²) in [5.74, 6) is 0. The van der Waals surface area contributed by atoms with Crippen molar-refractivity contribution in [1.82, 2.24) is 4.98 Å². The Bertz CT molecular complexity index is 513. The summed E-state index contributed by atoms with van der Waals surface area (Å²) in [5.41, 5.74) is 7.40. The molecular weight excluding hydrogens is 250 g/mol. The lowest BCUT2D eigenvalue weighted by Crippen LogP contribution is -1.98. The molecule has 2 N–H and O–H groups in total. The number of anilines is 1. The number of hydrogen-bond acceptors (Lipinski definition) is 3. The van der Waals surface area contributed by atoms with Crippen LogP contribution < -0.4 is 10.6 Å². The maximum absolute atomic E-state index is 6.07. The molecule has 0 atom stereocenters. The minimum absolute atomic E-state index is 0.569. The van der Waals surface area contributed by atoms with E-state index in [0.717, 1.165) is 16.2 Å². The van der Waals surface area contributed by atoms with E-state index in [9.17, 15) is 0 Å². The van der Waals surface area contributed by atoms with Gasteiger partial charge in [-0.15, -0.1) is 11.3 Å². The van der Waals surface area contributed by atoms with E-state index >= 15 is 0 Å². The van der Waals surface area contributed by atoms with Crippen LogP contribution in [-0.2, 0) is 0 Å². The molecule has 0 aliphatic heterocycles. The zero-order valence-corrected chi connectivity index (χ0v) is 10.2. The lowest BCUT2D eigenvalue weighted by molar-refractivity contribution is 1.45. The first-order valence-electron chi connectivity index (χ1n) is 4.26. The van der Waals surface area contributed by atoms with Gasteiger partial charge in [-0.3, -0.25) is 4.98 Å². The second kappa shape index (κ2) is 4.04. The topological polar surface area (TPSA) is 38.9 Å². The number of nitrogen functional groups attached to an aromatic ring is 1. The smallest absolute Gasteiger partial charge is 0.177 e. The predicted molar refractivity (Wildman–Crippen MR) is 70.2 cm³/mol. The number of benzene rings is 1. The zero-order chi connectivity index (χ0) is 11.0. The monoisotopic (exact) mass is 256 g/mol. The summed E-state index contributed by atoms with van der Waals surface area (Å²) in [6.07, 6.45) is 0. The SMILES string of the molecule is Bc1nc(-c2ccc(Cl)cc2Cl)c(N)s1. The van der Waals surface area contributed by atoms with Crippen molar-refractivity contribution in [2.24, 2.45) is 0 Å². The van der Waals surface area contributed by atoms with Crippen LogP contribution in [0.1, 0.15) is 0 Å². The van der Waals surface area contributed by atoms with Crippen LogP contribution in [0, 0.1) is 0 Å². The van der Waals surface area contributed by atoms with Gasteiger partial charge in [-0.25, -0.2) is 0 Å². The zero-order valence-electron chi connectivity index (χ0n) is 7.92. The molecule has 1 aromatic carbocycles. The van der Waals surface area contributed by atoms with E-state index in [1.54, 1.807) is 12.1 Å². The molecule has 6 heteroatoms. The molecule has 1 heterocycles. The Balaban J connectivity index is 2.59. The molecule has 76 valence electrons. The van der Waals surface area contributed by atoms with E-state index < -0.39 is 0 Å². The molecule has 0 aliphatic carbocycles. The minimum Gasteiger partial charge on any atom is -0.389 e. The van der Waals surface area contributed by atoms with Gasteiger partial charge in [0.25, 0.3) is 0 Å². The number of nitrogens with zero attached hydrogens (tertiary/aromatic N) is 1. The molecule has 0 fully saturated rings. The van der Waals surface area contributed by atoms with Gasteiger partial charge in [0.2, 0.25) is 0 Å². The summed E-state index contributed by atoms with van der Waals surface area (Å²) in [6, 6.07) is 5.29. The maximum Gasteiger partial charge on any atom is 0.177 e. The average Bonchev–Trinajstić information content (AvgIpc) is 2.45. The molecule has 0 bridgehead atoms. The summed E-state index contributed by atoms with van der Waals surface area (Å²) in [6.45, 7) is 0. The molecule has 2 aromatic rings. The Morgan fingerprint density at radius 2 is 2.07 bits per heavy atom. The van der Waals surface area contributed by atoms with Gasteiger partial charge in [0.05, 0.1) is 5.02 Å². The van der Waals surface area contributed by atoms with Crippen molar-refractivity contribution in [1.29, 1.82) is 0 Å². The third kappa shape index (κ3) is 2.12. The predicted octanol–water partition coefficient (Wildman–Crippen LogP) is 1.96. The van der Waals surface area contributed by atoms with Crippen LogP contribution in [0.2, 0.25) is 10.0 Å². The van der Waals surface area contributed by atoms with Crippen molar-refractivity contribution in [3.05, 3.63) is 28.2 Å². The van der Waals surface area contributed by atoms with Gasteiger partial charge in [-0.1, -0.05) is 23.2 Å². The fourth-order valence-electron chi connectivity index (χ4n) is 1.32. The lowest BCUT2D eigenvalue weighted by atomic mass is 10.1. The first-order valence-corrected chi connectivity index (χ1v) is 5.83. The van der Waals surface area contributed by atoms with E-state index in [4.69, 9.17) is 28.9 Å². The highest BCUT2D eigenvalue weighted by Gasteiger charge is 2.11. The summed E-state index contributed by atoms with van der Waals surface area (Å²) in [4.78, 5) is 5.26. The molecule has 0 saturated heterocycles. The van der Waals surface area contributed by atoms with Crippen molar-refractivity contribution >= 4 is 52.3 Å². The van der Waals surface area contributed by atoms with E-state index in [1.807, 2.05) is 13.9 Å². The first-order chi connectivity index (χ1) is 7.08. The largest absolute Gasteiger partial charge is 0.389 e. The molecule has 0 saturated carbocycles. The third-order valence-electron chi connectivity index (χ3n) is 1.95. The van der Waals surface area contributed by atoms with E-state index in [2.05, 4.69) is 4.98 Å². The van der Waals surface area contributed by atoms with E-state index in [1.165, 1.54) is 11.3 Å². The number of thiazole rings is 1. The fourth-order valence-corrected chi connectivity index (χ4v) is 2.52. The lowest BCUT2D eigenvalue weighted by Gasteiger charge is -2.02. The van der Waals surface area contributed by atoms with Gasteiger partial charge < -0.3 is 5.73 Å². The van der Waals surface area contributed by atoms with E-state index in [0.29, 0.717) is 15.0 Å². The minimum atomic E-state index is 0.569. The number of rotatable bonds is 1. The van der Waals surface area contributed by atoms with E-state index in [-0.39, 0.29) is 0 Å². The van der Waals surface area contributed by atoms with Gasteiger partial charge in [0, 0.05) is 15.5 Å². The van der Waals surface area contributed by atoms with Crippen LogP contribution in [0.4, 0.5) is 5.00 Å². The molecule has 0 aliphatic rings. The van der Waals surface area contributed by atoms with Crippen LogP contribution in [0.25, 0.3) is 11.3 Å². The molecule has 0 spiro atoms. The fraction of sp³-hybridized carbons (Fsp3) is 0. The maximum atomic E-state index is 6.07. The molecule has 2 rings (SSSR count). The quantitative estimate of drug-likeness (QED) is 0.793. The highest BCUT2D eigenvalue weighted by Crippen LogP contribution is 2.33. The van der Waals surface area contributed by atoms with Crippen molar-refractivity contribution in [2.45, 2.75) is 0 Å². The Labute approximate surface area is 102 Å². The summed E-state index contributed by atoms with van der Waals surface area (Å²) >= 11 is 13.3. The Morgan fingerprint density at radius 3 is 2.60 bits per heavy atom. The first kappa shape index (κ1) is 10.8. The highest BCUT2D eigenvalue weighted by molar-refractivity contribution is 7.23.